The SMILES string of the molecule is CCC(C)(C[C@H]1O[C@@H](n2cnc3c(Cl)ncnc32)[C@H](O)[C@@H]1O)OP(=O)(O)C(O)(CC)CC. The van der Waals surface area contributed by atoms with Crippen LogP contribution in [0, 0.1) is 0 Å². The molecule has 0 aromatic carbocycles. The Balaban J connectivity index is 1.83. The van der Waals surface area contributed by atoms with Gasteiger partial charge in [-0.25, -0.2) is 15.0 Å². The van der Waals surface area contributed by atoms with Crippen molar-refractivity contribution in [2.24, 2.45) is 0 Å². The van der Waals surface area contributed by atoms with E-state index in [-0.39, 0.29) is 24.4 Å². The van der Waals surface area contributed by atoms with Gasteiger partial charge in [-0.15, -0.1) is 0 Å². The van der Waals surface area contributed by atoms with Gasteiger partial charge >= 0.3 is 7.60 Å². The van der Waals surface area contributed by atoms with Crippen LogP contribution >= 0.6 is 19.2 Å². The highest BCUT2D eigenvalue weighted by Gasteiger charge is 2.51. The Morgan fingerprint density at radius 3 is 2.44 bits per heavy atom. The molecule has 13 heteroatoms. The van der Waals surface area contributed by atoms with Crippen molar-refractivity contribution in [1.82, 2.24) is 19.5 Å². The van der Waals surface area contributed by atoms with Crippen LogP contribution in [-0.2, 0) is 13.8 Å². The van der Waals surface area contributed by atoms with Crippen molar-refractivity contribution in [3.05, 3.63) is 17.8 Å². The number of aliphatic hydroxyl groups excluding tert-OH is 2. The third-order valence-electron chi connectivity index (χ3n) is 6.31. The van der Waals surface area contributed by atoms with Crippen molar-refractivity contribution in [2.75, 3.05) is 0 Å². The molecule has 1 fully saturated rings. The van der Waals surface area contributed by atoms with Crippen LogP contribution in [0.3, 0.4) is 0 Å². The van der Waals surface area contributed by atoms with Gasteiger partial charge in [0.15, 0.2) is 22.4 Å². The zero-order chi connectivity index (χ0) is 23.9. The van der Waals surface area contributed by atoms with Crippen LogP contribution in [0.5, 0.6) is 0 Å². The molecule has 180 valence electrons. The molecule has 0 spiro atoms. The third kappa shape index (κ3) is 4.45. The first-order valence-electron chi connectivity index (χ1n) is 10.5. The Bertz CT molecular complexity index is 1000. The van der Waals surface area contributed by atoms with Gasteiger partial charge < -0.3 is 29.5 Å². The minimum atomic E-state index is -4.44. The molecule has 3 heterocycles. The fraction of sp³-hybridized carbons (Fsp3) is 0.737. The Kier molecular flexibility index (Phi) is 7.34. The second-order valence-corrected chi connectivity index (χ2v) is 10.8. The van der Waals surface area contributed by atoms with Gasteiger partial charge in [-0.1, -0.05) is 32.4 Å². The van der Waals surface area contributed by atoms with Gasteiger partial charge in [0, 0.05) is 6.42 Å². The smallest absolute Gasteiger partial charge is 0.359 e. The largest absolute Gasteiger partial charge is 0.388 e. The minimum absolute atomic E-state index is 0.00530. The lowest BCUT2D eigenvalue weighted by molar-refractivity contribution is -0.0696. The number of hydrogen-bond donors (Lipinski definition) is 4. The van der Waals surface area contributed by atoms with E-state index in [1.807, 2.05) is 0 Å². The van der Waals surface area contributed by atoms with Crippen molar-refractivity contribution in [1.29, 1.82) is 0 Å². The van der Waals surface area contributed by atoms with E-state index >= 15 is 0 Å². The number of aromatic nitrogens is 4. The molecule has 1 aliphatic heterocycles. The van der Waals surface area contributed by atoms with Crippen LogP contribution in [0.2, 0.25) is 5.15 Å². The quantitative estimate of drug-likeness (QED) is 0.302. The van der Waals surface area contributed by atoms with Crippen LogP contribution < -0.4 is 0 Å². The number of halogens is 1. The maximum absolute atomic E-state index is 12.9. The summed E-state index contributed by atoms with van der Waals surface area (Å²) < 4.78 is 25.9. The monoisotopic (exact) mass is 492 g/mol. The summed E-state index contributed by atoms with van der Waals surface area (Å²) in [5.74, 6) is 0. The van der Waals surface area contributed by atoms with E-state index in [0.29, 0.717) is 17.6 Å². The first kappa shape index (κ1) is 25.5. The topological polar surface area (TPSA) is 160 Å². The predicted octanol–water partition coefficient (Wildman–Crippen LogP) is 2.37. The summed E-state index contributed by atoms with van der Waals surface area (Å²) in [4.78, 5) is 22.7. The molecule has 3 rings (SSSR count). The second kappa shape index (κ2) is 9.23. The highest BCUT2D eigenvalue weighted by Crippen LogP contribution is 2.60. The number of nitrogens with zero attached hydrogens (tertiary/aromatic N) is 4. The van der Waals surface area contributed by atoms with Crippen molar-refractivity contribution in [3.8, 4) is 0 Å². The summed E-state index contributed by atoms with van der Waals surface area (Å²) >= 11 is 6.03. The van der Waals surface area contributed by atoms with Gasteiger partial charge in [0.1, 0.15) is 24.1 Å². The molecule has 0 aliphatic carbocycles. The molecule has 1 aliphatic rings. The van der Waals surface area contributed by atoms with Crippen molar-refractivity contribution >= 4 is 30.4 Å². The fourth-order valence-electron chi connectivity index (χ4n) is 3.84. The molecule has 0 saturated carbocycles. The van der Waals surface area contributed by atoms with E-state index in [4.69, 9.17) is 20.9 Å². The highest BCUT2D eigenvalue weighted by atomic mass is 35.5. The van der Waals surface area contributed by atoms with Crippen molar-refractivity contribution in [2.45, 2.75) is 88.9 Å². The Morgan fingerprint density at radius 2 is 1.84 bits per heavy atom. The van der Waals surface area contributed by atoms with E-state index in [1.54, 1.807) is 27.7 Å². The number of hydrogen-bond acceptors (Lipinski definition) is 9. The first-order chi connectivity index (χ1) is 14.9. The maximum Gasteiger partial charge on any atom is 0.359 e. The molecular weight excluding hydrogens is 463 g/mol. The number of rotatable bonds is 9. The Labute approximate surface area is 190 Å². The van der Waals surface area contributed by atoms with Gasteiger partial charge in [-0.05, 0) is 26.2 Å². The molecule has 2 aromatic rings. The van der Waals surface area contributed by atoms with Gasteiger partial charge in [-0.3, -0.25) is 9.13 Å². The molecule has 0 amide bonds. The number of ether oxygens (including phenoxy) is 1. The molecular formula is C19H30ClN4O7P. The summed E-state index contributed by atoms with van der Waals surface area (Å²) in [5.41, 5.74) is -0.567. The molecule has 2 unspecified atom stereocenters. The fourth-order valence-corrected chi connectivity index (χ4v) is 5.79. The molecule has 1 saturated heterocycles. The van der Waals surface area contributed by atoms with Crippen LogP contribution in [-0.4, -0.2) is 69.0 Å². The first-order valence-corrected chi connectivity index (χ1v) is 12.5. The zero-order valence-corrected chi connectivity index (χ0v) is 20.1. The standard InChI is InChI=1S/C19H30ClN4O7P/c1-5-18(4,31-32(28,29)19(27,6-2)7-3)8-11-13(25)14(26)17(30-11)24-10-23-12-15(20)21-9-22-16(12)24/h9-11,13-14,17,25-27H,5-8H2,1-4H3,(H,28,29)/t11-,13-,14-,17-,18?/m1/s1. The maximum atomic E-state index is 12.9. The second-order valence-electron chi connectivity index (χ2n) is 8.34. The molecule has 6 atom stereocenters. The lowest BCUT2D eigenvalue weighted by Gasteiger charge is -2.38. The van der Waals surface area contributed by atoms with Crippen molar-refractivity contribution < 1.29 is 34.0 Å². The van der Waals surface area contributed by atoms with Crippen LogP contribution in [0.4, 0.5) is 0 Å². The molecule has 0 radical (unpaired) electrons. The van der Waals surface area contributed by atoms with E-state index in [0.717, 1.165) is 0 Å². The zero-order valence-electron chi connectivity index (χ0n) is 18.4. The van der Waals surface area contributed by atoms with Crippen LogP contribution in [0.1, 0.15) is 59.6 Å². The third-order valence-corrected chi connectivity index (χ3v) is 8.96. The number of aliphatic hydroxyl groups is 3. The number of fused-ring (bicyclic) bond motifs is 1. The molecule has 11 nitrogen and oxygen atoms in total. The van der Waals surface area contributed by atoms with E-state index in [9.17, 15) is 24.8 Å². The Morgan fingerprint density at radius 1 is 1.19 bits per heavy atom. The summed E-state index contributed by atoms with van der Waals surface area (Å²) in [7, 11) is -4.44. The summed E-state index contributed by atoms with van der Waals surface area (Å²) in [6, 6.07) is 0. The molecule has 0 bridgehead atoms. The molecule has 4 N–H and O–H groups in total. The van der Waals surface area contributed by atoms with Gasteiger partial charge in [-0.2, -0.15) is 0 Å². The molecule has 2 aromatic heterocycles. The average Bonchev–Trinajstić information content (AvgIpc) is 3.30. The van der Waals surface area contributed by atoms with Gasteiger partial charge in [0.2, 0.25) is 0 Å². The normalized spacial score (nSPS) is 28.0. The Hall–Kier alpha value is -1.17. The lowest BCUT2D eigenvalue weighted by atomic mass is 9.93. The van der Waals surface area contributed by atoms with Crippen LogP contribution in [0.15, 0.2) is 12.7 Å². The summed E-state index contributed by atoms with van der Waals surface area (Å²) in [5, 5.41) is 30.1. The predicted molar refractivity (Wildman–Crippen MR) is 116 cm³/mol. The molecule has 32 heavy (non-hydrogen) atoms. The van der Waals surface area contributed by atoms with E-state index < -0.39 is 43.1 Å². The van der Waals surface area contributed by atoms with Crippen LogP contribution in [0.25, 0.3) is 11.2 Å². The number of imidazole rings is 1. The van der Waals surface area contributed by atoms with Gasteiger partial charge in [0.05, 0.1) is 18.0 Å². The van der Waals surface area contributed by atoms with Gasteiger partial charge in [0.25, 0.3) is 0 Å². The summed E-state index contributed by atoms with van der Waals surface area (Å²) in [6.07, 6.45) is -1.57. The van der Waals surface area contributed by atoms with Crippen molar-refractivity contribution in [3.63, 3.8) is 0 Å². The summed E-state index contributed by atoms with van der Waals surface area (Å²) in [6.45, 7) is 6.58. The highest BCUT2D eigenvalue weighted by molar-refractivity contribution is 7.54. The lowest BCUT2D eigenvalue weighted by Crippen LogP contribution is -2.40. The minimum Gasteiger partial charge on any atom is -0.388 e. The van der Waals surface area contributed by atoms with E-state index in [1.165, 1.54) is 17.2 Å². The average molecular weight is 493 g/mol. The van der Waals surface area contributed by atoms with E-state index in [2.05, 4.69) is 15.0 Å².